The van der Waals surface area contributed by atoms with E-state index in [9.17, 15) is 0 Å². The Bertz CT molecular complexity index is 624. The zero-order chi connectivity index (χ0) is 16.1. The van der Waals surface area contributed by atoms with Crippen LogP contribution in [0.1, 0.15) is 24.1 Å². The Balaban J connectivity index is 1.57. The molecule has 3 rings (SSSR count). The molecule has 0 spiro atoms. The molecule has 4 heteroatoms. The van der Waals surface area contributed by atoms with E-state index in [0.717, 1.165) is 43.4 Å². The molecule has 23 heavy (non-hydrogen) atoms. The molecule has 2 aromatic carbocycles. The van der Waals surface area contributed by atoms with Crippen LogP contribution >= 0.6 is 11.6 Å². The van der Waals surface area contributed by atoms with E-state index >= 15 is 0 Å². The number of anilines is 1. The van der Waals surface area contributed by atoms with E-state index in [4.69, 9.17) is 16.3 Å². The first kappa shape index (κ1) is 16.3. The lowest BCUT2D eigenvalue weighted by molar-refractivity contribution is 0.122. The fraction of sp³-hybridized carbons (Fsp3) is 0.368. The largest absolute Gasteiger partial charge is 0.378 e. The Labute approximate surface area is 143 Å². The number of morpholine rings is 1. The van der Waals surface area contributed by atoms with Gasteiger partial charge in [-0.15, -0.1) is 0 Å². The highest BCUT2D eigenvalue weighted by molar-refractivity contribution is 6.31. The normalized spacial score (nSPS) is 16.3. The predicted molar refractivity (Wildman–Crippen MR) is 96.2 cm³/mol. The lowest BCUT2D eigenvalue weighted by atomic mass is 10.1. The van der Waals surface area contributed by atoms with E-state index < -0.39 is 0 Å². The summed E-state index contributed by atoms with van der Waals surface area (Å²) >= 11 is 6.25. The van der Waals surface area contributed by atoms with Crippen molar-refractivity contribution in [3.63, 3.8) is 0 Å². The molecule has 1 aliphatic rings. The summed E-state index contributed by atoms with van der Waals surface area (Å²) in [5, 5.41) is 4.35. The average Bonchev–Trinajstić information content (AvgIpc) is 2.61. The van der Waals surface area contributed by atoms with Crippen molar-refractivity contribution in [3.8, 4) is 0 Å². The van der Waals surface area contributed by atoms with Crippen LogP contribution in [0.25, 0.3) is 0 Å². The predicted octanol–water partition coefficient (Wildman–Crippen LogP) is 4.03. The minimum atomic E-state index is 0.225. The number of benzene rings is 2. The number of halogens is 1. The molecule has 1 N–H and O–H groups in total. The van der Waals surface area contributed by atoms with Gasteiger partial charge in [-0.2, -0.15) is 0 Å². The second kappa shape index (κ2) is 7.82. The van der Waals surface area contributed by atoms with Gasteiger partial charge in [0.15, 0.2) is 0 Å². The third-order valence-corrected chi connectivity index (χ3v) is 4.64. The van der Waals surface area contributed by atoms with Crippen LogP contribution in [0.3, 0.4) is 0 Å². The maximum atomic E-state index is 6.25. The van der Waals surface area contributed by atoms with Crippen LogP contribution in [0.2, 0.25) is 5.02 Å². The molecule has 0 radical (unpaired) electrons. The van der Waals surface area contributed by atoms with Crippen molar-refractivity contribution < 1.29 is 4.74 Å². The number of nitrogens with zero attached hydrogens (tertiary/aromatic N) is 1. The molecule has 0 aliphatic carbocycles. The maximum absolute atomic E-state index is 6.25. The molecule has 1 saturated heterocycles. The second-order valence-electron chi connectivity index (χ2n) is 5.89. The summed E-state index contributed by atoms with van der Waals surface area (Å²) in [6.45, 7) is 6.55. The molecule has 0 aromatic heterocycles. The van der Waals surface area contributed by atoms with Crippen LogP contribution < -0.4 is 10.2 Å². The van der Waals surface area contributed by atoms with Crippen LogP contribution in [0.5, 0.6) is 0 Å². The highest BCUT2D eigenvalue weighted by Crippen LogP contribution is 2.23. The Morgan fingerprint density at radius 2 is 1.78 bits per heavy atom. The first-order valence-electron chi connectivity index (χ1n) is 8.13. The summed E-state index contributed by atoms with van der Waals surface area (Å²) in [5.74, 6) is 0. The van der Waals surface area contributed by atoms with Crippen molar-refractivity contribution in [3.05, 3.63) is 64.7 Å². The molecule has 0 amide bonds. The Kier molecular flexibility index (Phi) is 5.55. The third kappa shape index (κ3) is 4.25. The van der Waals surface area contributed by atoms with Gasteiger partial charge in [0.1, 0.15) is 0 Å². The van der Waals surface area contributed by atoms with Gasteiger partial charge in [-0.3, -0.25) is 0 Å². The molecule has 122 valence electrons. The van der Waals surface area contributed by atoms with Crippen LogP contribution in [0, 0.1) is 0 Å². The molecule has 1 fully saturated rings. The van der Waals surface area contributed by atoms with Crippen LogP contribution in [-0.2, 0) is 11.3 Å². The van der Waals surface area contributed by atoms with Crippen molar-refractivity contribution in [2.24, 2.45) is 0 Å². The third-order valence-electron chi connectivity index (χ3n) is 4.30. The Hall–Kier alpha value is -1.55. The van der Waals surface area contributed by atoms with E-state index in [-0.39, 0.29) is 6.04 Å². The zero-order valence-electron chi connectivity index (χ0n) is 13.5. The Morgan fingerprint density at radius 1 is 1.09 bits per heavy atom. The first-order valence-corrected chi connectivity index (χ1v) is 8.51. The molecule has 2 aromatic rings. The molecule has 1 aliphatic heterocycles. The van der Waals surface area contributed by atoms with Crippen LogP contribution in [0.4, 0.5) is 5.69 Å². The number of rotatable bonds is 5. The van der Waals surface area contributed by atoms with Crippen molar-refractivity contribution in [1.82, 2.24) is 5.32 Å². The summed E-state index contributed by atoms with van der Waals surface area (Å²) in [7, 11) is 0. The Morgan fingerprint density at radius 3 is 2.48 bits per heavy atom. The van der Waals surface area contributed by atoms with Gasteiger partial charge in [-0.05, 0) is 36.2 Å². The van der Waals surface area contributed by atoms with Gasteiger partial charge in [0, 0.05) is 36.4 Å². The highest BCUT2D eigenvalue weighted by atomic mass is 35.5. The molecular weight excluding hydrogens is 308 g/mol. The molecule has 1 unspecified atom stereocenters. The highest BCUT2D eigenvalue weighted by Gasteiger charge is 2.11. The summed E-state index contributed by atoms with van der Waals surface area (Å²) in [4.78, 5) is 2.37. The van der Waals surface area contributed by atoms with Crippen LogP contribution in [-0.4, -0.2) is 26.3 Å². The summed E-state index contributed by atoms with van der Waals surface area (Å²) in [6, 6.07) is 17.0. The van der Waals surface area contributed by atoms with E-state index in [0.29, 0.717) is 0 Å². The lowest BCUT2D eigenvalue weighted by Crippen LogP contribution is -2.36. The molecular formula is C19H23ClN2O. The fourth-order valence-electron chi connectivity index (χ4n) is 2.85. The van der Waals surface area contributed by atoms with Gasteiger partial charge in [0.05, 0.1) is 13.2 Å². The summed E-state index contributed by atoms with van der Waals surface area (Å²) < 4.78 is 5.40. The second-order valence-corrected chi connectivity index (χ2v) is 6.30. The number of hydrogen-bond donors (Lipinski definition) is 1. The van der Waals surface area contributed by atoms with Gasteiger partial charge in [-0.1, -0.05) is 41.9 Å². The van der Waals surface area contributed by atoms with Gasteiger partial charge in [-0.25, -0.2) is 0 Å². The van der Waals surface area contributed by atoms with Crippen molar-refractivity contribution in [2.45, 2.75) is 19.5 Å². The van der Waals surface area contributed by atoms with E-state index in [2.05, 4.69) is 47.5 Å². The van der Waals surface area contributed by atoms with Crippen molar-refractivity contribution >= 4 is 17.3 Å². The van der Waals surface area contributed by atoms with E-state index in [1.54, 1.807) is 0 Å². The fourth-order valence-corrected chi connectivity index (χ4v) is 3.15. The first-order chi connectivity index (χ1) is 11.2. The lowest BCUT2D eigenvalue weighted by Gasteiger charge is -2.29. The standard InChI is InChI=1S/C19H23ClN2O/c1-15(18-4-2-3-5-19(18)20)21-14-16-6-8-17(9-7-16)22-10-12-23-13-11-22/h2-9,15,21H,10-14H2,1H3. The van der Waals surface area contributed by atoms with Crippen molar-refractivity contribution in [2.75, 3.05) is 31.2 Å². The van der Waals surface area contributed by atoms with E-state index in [1.165, 1.54) is 11.3 Å². The van der Waals surface area contributed by atoms with Crippen molar-refractivity contribution in [1.29, 1.82) is 0 Å². The molecule has 3 nitrogen and oxygen atoms in total. The monoisotopic (exact) mass is 330 g/mol. The quantitative estimate of drug-likeness (QED) is 0.896. The number of ether oxygens (including phenoxy) is 1. The van der Waals surface area contributed by atoms with Gasteiger partial charge >= 0.3 is 0 Å². The van der Waals surface area contributed by atoms with Gasteiger partial charge in [0.25, 0.3) is 0 Å². The zero-order valence-corrected chi connectivity index (χ0v) is 14.2. The maximum Gasteiger partial charge on any atom is 0.0642 e. The van der Waals surface area contributed by atoms with Gasteiger partial charge in [0.2, 0.25) is 0 Å². The summed E-state index contributed by atoms with van der Waals surface area (Å²) in [6.07, 6.45) is 0. The topological polar surface area (TPSA) is 24.5 Å². The smallest absolute Gasteiger partial charge is 0.0642 e. The SMILES string of the molecule is CC(NCc1ccc(N2CCOCC2)cc1)c1ccccc1Cl. The number of hydrogen-bond acceptors (Lipinski definition) is 3. The molecule has 0 saturated carbocycles. The van der Waals surface area contributed by atoms with E-state index in [1.807, 2.05) is 18.2 Å². The van der Waals surface area contributed by atoms with Crippen LogP contribution in [0.15, 0.2) is 48.5 Å². The number of nitrogens with one attached hydrogen (secondary N) is 1. The minimum Gasteiger partial charge on any atom is -0.378 e. The molecule has 1 heterocycles. The molecule has 0 bridgehead atoms. The van der Waals surface area contributed by atoms with Gasteiger partial charge < -0.3 is 15.0 Å². The average molecular weight is 331 g/mol. The molecule has 1 atom stereocenters. The minimum absolute atomic E-state index is 0.225. The summed E-state index contributed by atoms with van der Waals surface area (Å²) in [5.41, 5.74) is 3.69.